The molecule has 1 aromatic rings. The molecule has 1 radical (unpaired) electrons. The van der Waals surface area contributed by atoms with Gasteiger partial charge in [-0.15, -0.1) is 0 Å². The summed E-state index contributed by atoms with van der Waals surface area (Å²) in [5.74, 6) is 0. The zero-order valence-corrected chi connectivity index (χ0v) is 6.77. The average molecular weight is 145 g/mol. The molecule has 0 unspecified atom stereocenters. The lowest BCUT2D eigenvalue weighted by atomic mass is 10.0. The van der Waals surface area contributed by atoms with Gasteiger partial charge >= 0.3 is 0 Å². The number of benzene rings is 1. The van der Waals surface area contributed by atoms with E-state index in [9.17, 15) is 0 Å². The Morgan fingerprint density at radius 3 is 2.73 bits per heavy atom. The van der Waals surface area contributed by atoms with Crippen LogP contribution in [0.25, 0.3) is 0 Å². The van der Waals surface area contributed by atoms with Gasteiger partial charge in [0.2, 0.25) is 0 Å². The third-order valence-electron chi connectivity index (χ3n) is 2.44. The van der Waals surface area contributed by atoms with Crippen molar-refractivity contribution in [3.63, 3.8) is 0 Å². The standard InChI is InChI=1S/C11H13/c1-2-6-10-8-4-5-9-11(10)7-3-1/h4,8-9H,1-3,6-7H2. The third kappa shape index (κ3) is 1.45. The molecule has 0 aliphatic heterocycles. The van der Waals surface area contributed by atoms with Crippen LogP contribution < -0.4 is 0 Å². The summed E-state index contributed by atoms with van der Waals surface area (Å²) in [5, 5.41) is 0. The van der Waals surface area contributed by atoms with Gasteiger partial charge < -0.3 is 0 Å². The smallest absolute Gasteiger partial charge is 0.0181 e. The lowest BCUT2D eigenvalue weighted by Gasteiger charge is -2.02. The van der Waals surface area contributed by atoms with Crippen LogP contribution in [0.4, 0.5) is 0 Å². The first-order valence-electron chi connectivity index (χ1n) is 4.45. The lowest BCUT2D eigenvalue weighted by Crippen LogP contribution is -1.88. The van der Waals surface area contributed by atoms with Gasteiger partial charge in [0, 0.05) is 0 Å². The van der Waals surface area contributed by atoms with Crippen molar-refractivity contribution >= 4 is 0 Å². The zero-order valence-electron chi connectivity index (χ0n) is 6.77. The molecule has 0 saturated carbocycles. The van der Waals surface area contributed by atoms with Crippen LogP contribution in [0.15, 0.2) is 18.2 Å². The van der Waals surface area contributed by atoms with Gasteiger partial charge in [0.15, 0.2) is 0 Å². The van der Waals surface area contributed by atoms with Crippen molar-refractivity contribution in [3.8, 4) is 0 Å². The summed E-state index contributed by atoms with van der Waals surface area (Å²) in [6.07, 6.45) is 6.69. The molecule has 57 valence electrons. The summed E-state index contributed by atoms with van der Waals surface area (Å²) in [7, 11) is 0. The maximum Gasteiger partial charge on any atom is -0.0181 e. The first-order chi connectivity index (χ1) is 5.47. The summed E-state index contributed by atoms with van der Waals surface area (Å²) in [6, 6.07) is 9.56. The second-order valence-electron chi connectivity index (χ2n) is 3.26. The zero-order chi connectivity index (χ0) is 7.52. The SMILES string of the molecule is [c]1ccc2c(c1)CCCCC2. The van der Waals surface area contributed by atoms with Crippen molar-refractivity contribution in [2.24, 2.45) is 0 Å². The van der Waals surface area contributed by atoms with E-state index in [4.69, 9.17) is 0 Å². The van der Waals surface area contributed by atoms with Crippen molar-refractivity contribution in [1.29, 1.82) is 0 Å². The van der Waals surface area contributed by atoms with E-state index in [-0.39, 0.29) is 0 Å². The summed E-state index contributed by atoms with van der Waals surface area (Å²) >= 11 is 0. The molecule has 0 heteroatoms. The Bertz CT molecular complexity index is 213. The van der Waals surface area contributed by atoms with Crippen molar-refractivity contribution in [2.75, 3.05) is 0 Å². The molecule has 11 heavy (non-hydrogen) atoms. The fourth-order valence-corrected chi connectivity index (χ4v) is 1.78. The normalized spacial score (nSPS) is 17.1. The first-order valence-corrected chi connectivity index (χ1v) is 4.45. The van der Waals surface area contributed by atoms with Crippen LogP contribution in [0, 0.1) is 6.07 Å². The number of aryl methyl sites for hydroxylation is 2. The van der Waals surface area contributed by atoms with Gasteiger partial charge in [-0.3, -0.25) is 0 Å². The predicted octanol–water partition coefficient (Wildman–Crippen LogP) is 2.76. The minimum absolute atomic E-state index is 1.27. The lowest BCUT2D eigenvalue weighted by molar-refractivity contribution is 0.711. The number of hydrogen-bond acceptors (Lipinski definition) is 0. The van der Waals surface area contributed by atoms with Gasteiger partial charge in [-0.25, -0.2) is 0 Å². The molecule has 2 rings (SSSR count). The third-order valence-corrected chi connectivity index (χ3v) is 2.44. The van der Waals surface area contributed by atoms with Gasteiger partial charge in [-0.1, -0.05) is 24.6 Å². The highest BCUT2D eigenvalue weighted by atomic mass is 14.1. The maximum absolute atomic E-state index is 3.15. The molecule has 0 fully saturated rings. The minimum Gasteiger partial charge on any atom is -0.0582 e. The molecule has 0 spiro atoms. The Labute approximate surface area is 68.3 Å². The van der Waals surface area contributed by atoms with Gasteiger partial charge in [-0.2, -0.15) is 0 Å². The molecule has 0 nitrogen and oxygen atoms in total. The molecule has 1 aliphatic carbocycles. The van der Waals surface area contributed by atoms with Gasteiger partial charge in [0.1, 0.15) is 0 Å². The Balaban J connectivity index is 2.33. The Kier molecular flexibility index (Phi) is 1.93. The summed E-state index contributed by atoms with van der Waals surface area (Å²) < 4.78 is 0. The van der Waals surface area contributed by atoms with Crippen molar-refractivity contribution in [1.82, 2.24) is 0 Å². The summed E-state index contributed by atoms with van der Waals surface area (Å²) in [6.45, 7) is 0. The van der Waals surface area contributed by atoms with Crippen LogP contribution in [-0.2, 0) is 12.8 Å². The number of hydrogen-bond donors (Lipinski definition) is 0. The van der Waals surface area contributed by atoms with E-state index in [0.29, 0.717) is 0 Å². The van der Waals surface area contributed by atoms with Crippen molar-refractivity contribution < 1.29 is 0 Å². The van der Waals surface area contributed by atoms with E-state index in [1.165, 1.54) is 37.7 Å². The second-order valence-corrected chi connectivity index (χ2v) is 3.26. The fourth-order valence-electron chi connectivity index (χ4n) is 1.78. The Morgan fingerprint density at radius 1 is 1.00 bits per heavy atom. The van der Waals surface area contributed by atoms with Crippen LogP contribution in [0.1, 0.15) is 30.4 Å². The van der Waals surface area contributed by atoms with E-state index in [2.05, 4.69) is 18.2 Å². The molecule has 0 saturated heterocycles. The van der Waals surface area contributed by atoms with E-state index in [0.717, 1.165) is 0 Å². The molecule has 1 aliphatic rings. The maximum atomic E-state index is 3.15. The quantitative estimate of drug-likeness (QED) is 0.492. The van der Waals surface area contributed by atoms with Gasteiger partial charge in [0.05, 0.1) is 0 Å². The molecule has 0 N–H and O–H groups in total. The molecular formula is C11H13. The fraction of sp³-hybridized carbons (Fsp3) is 0.455. The van der Waals surface area contributed by atoms with Crippen LogP contribution in [0.3, 0.4) is 0 Å². The number of fused-ring (bicyclic) bond motifs is 1. The highest BCUT2D eigenvalue weighted by Gasteiger charge is 2.05. The highest BCUT2D eigenvalue weighted by molar-refractivity contribution is 5.27. The summed E-state index contributed by atoms with van der Waals surface area (Å²) in [4.78, 5) is 0. The average Bonchev–Trinajstić information content (AvgIpc) is 2.28. The van der Waals surface area contributed by atoms with Crippen molar-refractivity contribution in [3.05, 3.63) is 35.4 Å². The predicted molar refractivity (Wildman–Crippen MR) is 46.5 cm³/mol. The van der Waals surface area contributed by atoms with Crippen LogP contribution in [-0.4, -0.2) is 0 Å². The Morgan fingerprint density at radius 2 is 1.82 bits per heavy atom. The highest BCUT2D eigenvalue weighted by Crippen LogP contribution is 2.19. The Hall–Kier alpha value is -0.780. The van der Waals surface area contributed by atoms with E-state index >= 15 is 0 Å². The van der Waals surface area contributed by atoms with Crippen LogP contribution >= 0.6 is 0 Å². The van der Waals surface area contributed by atoms with Gasteiger partial charge in [-0.05, 0) is 42.9 Å². The minimum atomic E-state index is 1.27. The van der Waals surface area contributed by atoms with E-state index < -0.39 is 0 Å². The summed E-state index contributed by atoms with van der Waals surface area (Å²) in [5.41, 5.74) is 3.09. The molecular weight excluding hydrogens is 132 g/mol. The molecule has 0 amide bonds. The van der Waals surface area contributed by atoms with Crippen LogP contribution in [0.2, 0.25) is 0 Å². The van der Waals surface area contributed by atoms with E-state index in [1.54, 1.807) is 5.56 Å². The first kappa shape index (κ1) is 6.90. The van der Waals surface area contributed by atoms with Crippen LogP contribution in [0.5, 0.6) is 0 Å². The molecule has 1 aromatic carbocycles. The topological polar surface area (TPSA) is 0 Å². The van der Waals surface area contributed by atoms with E-state index in [1.807, 2.05) is 6.07 Å². The van der Waals surface area contributed by atoms with Crippen molar-refractivity contribution in [2.45, 2.75) is 32.1 Å². The second kappa shape index (κ2) is 3.08. The number of rotatable bonds is 0. The molecule has 0 aromatic heterocycles. The molecule has 0 heterocycles. The van der Waals surface area contributed by atoms with Gasteiger partial charge in [0.25, 0.3) is 0 Å². The molecule has 0 bridgehead atoms. The molecule has 0 atom stereocenters. The monoisotopic (exact) mass is 145 g/mol. The largest absolute Gasteiger partial charge is 0.0582 e.